The molecule has 2 heterocycles. The van der Waals surface area contributed by atoms with Crippen molar-refractivity contribution in [3.8, 4) is 11.5 Å². The molecule has 3 rings (SSSR count). The first-order valence-corrected chi connectivity index (χ1v) is 7.28. The monoisotopic (exact) mass is 291 g/mol. The van der Waals surface area contributed by atoms with Gasteiger partial charge in [-0.15, -0.1) is 5.10 Å². The summed E-state index contributed by atoms with van der Waals surface area (Å²) in [4.78, 5) is 12.9. The number of nitrogens with zero attached hydrogens (tertiary/aromatic N) is 2. The third-order valence-corrected chi connectivity index (χ3v) is 3.74. The zero-order chi connectivity index (χ0) is 14.3. The van der Waals surface area contributed by atoms with Crippen LogP contribution in [0.25, 0.3) is 11.5 Å². The number of aromatic amines is 1. The highest BCUT2D eigenvalue weighted by atomic mass is 32.1. The van der Waals surface area contributed by atoms with E-state index in [4.69, 9.17) is 16.6 Å². The first-order chi connectivity index (χ1) is 9.56. The molecule has 2 aromatic rings. The van der Waals surface area contributed by atoms with E-state index in [0.29, 0.717) is 11.5 Å². The third-order valence-electron chi connectivity index (χ3n) is 3.57. The summed E-state index contributed by atoms with van der Waals surface area (Å²) in [7, 11) is 0. The van der Waals surface area contributed by atoms with Crippen molar-refractivity contribution >= 4 is 12.2 Å². The van der Waals surface area contributed by atoms with E-state index in [-0.39, 0.29) is 16.3 Å². The molecular formula is C14H17N3O2S. The molecule has 5 nitrogen and oxygen atoms in total. The Labute approximate surface area is 121 Å². The minimum Gasteiger partial charge on any atom is -0.409 e. The highest BCUT2D eigenvalue weighted by Crippen LogP contribution is 2.25. The summed E-state index contributed by atoms with van der Waals surface area (Å²) in [5, 5.41) is 6.56. The van der Waals surface area contributed by atoms with Crippen LogP contribution < -0.4 is 5.56 Å². The minimum atomic E-state index is -0.0374. The number of aromatic nitrogens is 3. The fourth-order valence-electron chi connectivity index (χ4n) is 2.78. The Morgan fingerprint density at radius 3 is 2.95 bits per heavy atom. The number of pyridine rings is 1. The second-order valence-electron chi connectivity index (χ2n) is 5.61. The maximum Gasteiger partial charge on any atom is 0.284 e. The predicted molar refractivity (Wildman–Crippen MR) is 78.2 cm³/mol. The molecule has 6 heteroatoms. The number of rotatable bonds is 3. The molecule has 1 aliphatic carbocycles. The van der Waals surface area contributed by atoms with Crippen LogP contribution >= 0.6 is 12.2 Å². The van der Waals surface area contributed by atoms with Crippen molar-refractivity contribution in [1.29, 1.82) is 0 Å². The molecule has 0 fully saturated rings. The third kappa shape index (κ3) is 2.24. The zero-order valence-corrected chi connectivity index (χ0v) is 12.4. The van der Waals surface area contributed by atoms with Crippen LogP contribution in [0, 0.1) is 10.8 Å². The molecule has 106 valence electrons. The van der Waals surface area contributed by atoms with E-state index >= 15 is 0 Å². The van der Waals surface area contributed by atoms with Crippen LogP contribution in [0.5, 0.6) is 0 Å². The first-order valence-electron chi connectivity index (χ1n) is 6.87. The van der Waals surface area contributed by atoms with Crippen LogP contribution in [0.4, 0.5) is 0 Å². The van der Waals surface area contributed by atoms with Crippen LogP contribution in [0.1, 0.15) is 31.5 Å². The first kappa shape index (κ1) is 13.3. The Morgan fingerprint density at radius 1 is 1.50 bits per heavy atom. The molecule has 1 aliphatic rings. The van der Waals surface area contributed by atoms with Gasteiger partial charge in [-0.1, -0.05) is 13.8 Å². The Kier molecular flexibility index (Phi) is 3.33. The van der Waals surface area contributed by atoms with Crippen molar-refractivity contribution in [2.75, 3.05) is 0 Å². The summed E-state index contributed by atoms with van der Waals surface area (Å²) < 4.78 is 7.19. The average Bonchev–Trinajstić information content (AvgIpc) is 3.00. The van der Waals surface area contributed by atoms with Gasteiger partial charge in [0.2, 0.25) is 0 Å². The summed E-state index contributed by atoms with van der Waals surface area (Å²) in [5.41, 5.74) is 2.86. The van der Waals surface area contributed by atoms with Crippen LogP contribution in [-0.4, -0.2) is 14.8 Å². The lowest BCUT2D eigenvalue weighted by Gasteiger charge is -2.15. The maximum absolute atomic E-state index is 12.7. The fraction of sp³-hybridized carbons (Fsp3) is 0.500. The SMILES string of the molecule is CC(C)Cn1c2c(cc(-c3n[nH]c(=S)o3)c1=O)CCC2. The molecule has 0 amide bonds. The Balaban J connectivity index is 2.22. The summed E-state index contributed by atoms with van der Waals surface area (Å²) in [6.45, 7) is 4.95. The molecule has 0 aromatic carbocycles. The molecule has 0 unspecified atom stereocenters. The lowest BCUT2D eigenvalue weighted by molar-refractivity contribution is 0.495. The fourth-order valence-corrected chi connectivity index (χ4v) is 2.90. The van der Waals surface area contributed by atoms with E-state index in [1.165, 1.54) is 11.3 Å². The molecular weight excluding hydrogens is 274 g/mol. The number of nitrogens with one attached hydrogen (secondary N) is 1. The highest BCUT2D eigenvalue weighted by molar-refractivity contribution is 7.71. The number of hydrogen-bond donors (Lipinski definition) is 1. The number of fused-ring (bicyclic) bond motifs is 1. The molecule has 2 aromatic heterocycles. The molecule has 1 N–H and O–H groups in total. The topological polar surface area (TPSA) is 63.8 Å². The van der Waals surface area contributed by atoms with Crippen molar-refractivity contribution in [3.05, 3.63) is 32.5 Å². The van der Waals surface area contributed by atoms with Gasteiger partial charge in [-0.25, -0.2) is 5.10 Å². The second-order valence-corrected chi connectivity index (χ2v) is 5.98. The van der Waals surface area contributed by atoms with Gasteiger partial charge >= 0.3 is 0 Å². The van der Waals surface area contributed by atoms with Gasteiger partial charge in [0.15, 0.2) is 0 Å². The average molecular weight is 291 g/mol. The summed E-state index contributed by atoms with van der Waals surface area (Å²) in [5.74, 6) is 0.700. The van der Waals surface area contributed by atoms with Crippen molar-refractivity contribution in [3.63, 3.8) is 0 Å². The van der Waals surface area contributed by atoms with E-state index in [1.807, 2.05) is 10.6 Å². The Bertz CT molecular complexity index is 755. The molecule has 20 heavy (non-hydrogen) atoms. The van der Waals surface area contributed by atoms with Gasteiger partial charge in [0.05, 0.1) is 0 Å². The van der Waals surface area contributed by atoms with Crippen molar-refractivity contribution in [2.24, 2.45) is 5.92 Å². The predicted octanol–water partition coefficient (Wildman–Crippen LogP) is 2.71. The van der Waals surface area contributed by atoms with Crippen LogP contribution in [-0.2, 0) is 19.4 Å². The van der Waals surface area contributed by atoms with Gasteiger partial charge in [0.25, 0.3) is 16.3 Å². The molecule has 0 radical (unpaired) electrons. The van der Waals surface area contributed by atoms with Crippen molar-refractivity contribution < 1.29 is 4.42 Å². The van der Waals surface area contributed by atoms with Crippen molar-refractivity contribution in [1.82, 2.24) is 14.8 Å². The van der Waals surface area contributed by atoms with E-state index in [1.54, 1.807) is 0 Å². The Hall–Kier alpha value is -1.69. The molecule has 0 bridgehead atoms. The van der Waals surface area contributed by atoms with Crippen LogP contribution in [0.15, 0.2) is 15.3 Å². The number of H-pyrrole nitrogens is 1. The minimum absolute atomic E-state index is 0.0374. The van der Waals surface area contributed by atoms with E-state index in [2.05, 4.69) is 24.0 Å². The molecule has 0 saturated carbocycles. The van der Waals surface area contributed by atoms with Gasteiger partial charge in [0, 0.05) is 12.2 Å². The zero-order valence-electron chi connectivity index (χ0n) is 11.6. The van der Waals surface area contributed by atoms with Gasteiger partial charge in [-0.3, -0.25) is 4.79 Å². The normalized spacial score (nSPS) is 13.9. The highest BCUT2D eigenvalue weighted by Gasteiger charge is 2.22. The lowest BCUT2D eigenvalue weighted by Crippen LogP contribution is -2.27. The van der Waals surface area contributed by atoms with E-state index in [9.17, 15) is 4.79 Å². The smallest absolute Gasteiger partial charge is 0.284 e. The van der Waals surface area contributed by atoms with Gasteiger partial charge < -0.3 is 8.98 Å². The number of aryl methyl sites for hydroxylation is 1. The lowest BCUT2D eigenvalue weighted by atomic mass is 10.1. The Morgan fingerprint density at radius 2 is 2.30 bits per heavy atom. The molecule has 0 saturated heterocycles. The molecule has 0 aliphatic heterocycles. The quantitative estimate of drug-likeness (QED) is 0.883. The van der Waals surface area contributed by atoms with E-state index < -0.39 is 0 Å². The summed E-state index contributed by atoms with van der Waals surface area (Å²) in [6, 6.07) is 1.91. The summed E-state index contributed by atoms with van der Waals surface area (Å²) >= 11 is 4.88. The molecule has 0 atom stereocenters. The van der Waals surface area contributed by atoms with E-state index in [0.717, 1.165) is 25.8 Å². The largest absolute Gasteiger partial charge is 0.409 e. The van der Waals surface area contributed by atoms with Crippen molar-refractivity contribution in [2.45, 2.75) is 39.7 Å². The summed E-state index contributed by atoms with van der Waals surface area (Å²) in [6.07, 6.45) is 3.08. The van der Waals surface area contributed by atoms with Crippen LogP contribution in [0.2, 0.25) is 0 Å². The standard InChI is InChI=1S/C14H17N3O2S/c1-8(2)7-17-11-5-3-4-9(11)6-10(13(17)18)12-15-16-14(20)19-12/h6,8H,3-5,7H2,1-2H3,(H,16,20). The molecule has 0 spiro atoms. The number of hydrogen-bond acceptors (Lipinski definition) is 4. The maximum atomic E-state index is 12.7. The van der Waals surface area contributed by atoms with Crippen LogP contribution in [0.3, 0.4) is 0 Å². The second kappa shape index (κ2) is 5.01. The van der Waals surface area contributed by atoms with Gasteiger partial charge in [-0.2, -0.15) is 0 Å². The van der Waals surface area contributed by atoms with Gasteiger partial charge in [0.1, 0.15) is 5.56 Å². The van der Waals surface area contributed by atoms with Gasteiger partial charge in [-0.05, 0) is 49.0 Å².